The van der Waals surface area contributed by atoms with Gasteiger partial charge in [-0.1, -0.05) is 32.4 Å². The van der Waals surface area contributed by atoms with Gasteiger partial charge in [-0.3, -0.25) is 0 Å². The van der Waals surface area contributed by atoms with Crippen LogP contribution in [0.3, 0.4) is 0 Å². The van der Waals surface area contributed by atoms with Gasteiger partial charge in [-0.05, 0) is 62.6 Å². The normalized spacial score (nSPS) is 33.5. The summed E-state index contributed by atoms with van der Waals surface area (Å²) in [6, 6.07) is 1.67. The van der Waals surface area contributed by atoms with Crippen LogP contribution in [0.1, 0.15) is 39.5 Å². The topological polar surface area (TPSA) is 50.4 Å². The van der Waals surface area contributed by atoms with E-state index in [2.05, 4.69) is 17.6 Å². The SMILES string of the molecule is CC1CC2CC(C1)OC(C)(NC(=O)Nc1cccc(S(F)(F)(F)(F)F)c1)C2. The highest BCUT2D eigenvalue weighted by Gasteiger charge is 2.65. The number of ether oxygens (including phenoxy) is 1. The van der Waals surface area contributed by atoms with Crippen molar-refractivity contribution in [2.75, 3.05) is 5.32 Å². The number of rotatable bonds is 3. The highest BCUT2D eigenvalue weighted by molar-refractivity contribution is 8.45. The average molecular weight is 414 g/mol. The fourth-order valence-corrected chi connectivity index (χ4v) is 4.89. The van der Waals surface area contributed by atoms with Crippen LogP contribution in [-0.4, -0.2) is 17.9 Å². The Morgan fingerprint density at radius 3 is 2.52 bits per heavy atom. The molecule has 2 fully saturated rings. The second-order valence-electron chi connectivity index (χ2n) is 7.93. The molecule has 1 aliphatic heterocycles. The molecule has 2 amide bonds. The summed E-state index contributed by atoms with van der Waals surface area (Å²) in [6.45, 7) is 3.86. The Labute approximate surface area is 154 Å². The van der Waals surface area contributed by atoms with Crippen LogP contribution in [0.15, 0.2) is 29.2 Å². The van der Waals surface area contributed by atoms with E-state index in [0.29, 0.717) is 24.3 Å². The zero-order valence-electron chi connectivity index (χ0n) is 15.0. The molecule has 3 rings (SSSR count). The number of nitrogens with one attached hydrogen (secondary N) is 2. The summed E-state index contributed by atoms with van der Waals surface area (Å²) < 4.78 is 70.5. The Balaban J connectivity index is 1.68. The number of hydrogen-bond donors (Lipinski definition) is 2. The molecule has 27 heavy (non-hydrogen) atoms. The highest BCUT2D eigenvalue weighted by atomic mass is 32.5. The molecule has 154 valence electrons. The summed E-state index contributed by atoms with van der Waals surface area (Å²) in [5, 5.41) is 4.82. The molecular formula is C17H23F5N2O2S. The van der Waals surface area contributed by atoms with Crippen molar-refractivity contribution in [1.82, 2.24) is 5.32 Å². The fraction of sp³-hybridized carbons (Fsp3) is 0.588. The molecule has 1 aromatic carbocycles. The minimum absolute atomic E-state index is 0.0225. The van der Waals surface area contributed by atoms with Gasteiger partial charge in [-0.25, -0.2) is 4.79 Å². The largest absolute Gasteiger partial charge is 0.353 e. The van der Waals surface area contributed by atoms with E-state index in [1.54, 1.807) is 6.92 Å². The van der Waals surface area contributed by atoms with Crippen molar-refractivity contribution in [3.63, 3.8) is 0 Å². The van der Waals surface area contributed by atoms with Gasteiger partial charge in [-0.15, -0.1) is 0 Å². The molecule has 2 bridgehead atoms. The Bertz CT molecular complexity index is 738. The zero-order valence-corrected chi connectivity index (χ0v) is 15.8. The van der Waals surface area contributed by atoms with Crippen LogP contribution in [0.5, 0.6) is 0 Å². The Morgan fingerprint density at radius 2 is 1.89 bits per heavy atom. The van der Waals surface area contributed by atoms with E-state index in [1.165, 1.54) is 0 Å². The average Bonchev–Trinajstić information content (AvgIpc) is 2.42. The van der Waals surface area contributed by atoms with Gasteiger partial charge in [0.1, 0.15) is 10.6 Å². The Hall–Kier alpha value is -1.55. The van der Waals surface area contributed by atoms with Crippen molar-refractivity contribution in [3.8, 4) is 0 Å². The number of halogens is 5. The summed E-state index contributed by atoms with van der Waals surface area (Å²) in [4.78, 5) is 10.2. The van der Waals surface area contributed by atoms with E-state index in [0.717, 1.165) is 31.4 Å². The van der Waals surface area contributed by atoms with E-state index in [9.17, 15) is 24.2 Å². The van der Waals surface area contributed by atoms with Gasteiger partial charge in [0.15, 0.2) is 0 Å². The molecule has 1 saturated carbocycles. The molecule has 1 heterocycles. The number of carbonyl (C=O) groups is 1. The third kappa shape index (κ3) is 5.04. The second-order valence-corrected chi connectivity index (χ2v) is 10.3. The molecule has 2 aliphatic rings. The van der Waals surface area contributed by atoms with E-state index in [-0.39, 0.29) is 17.9 Å². The number of anilines is 1. The van der Waals surface area contributed by atoms with Crippen molar-refractivity contribution in [2.45, 2.75) is 56.3 Å². The van der Waals surface area contributed by atoms with Crippen LogP contribution in [0, 0.1) is 11.8 Å². The summed E-state index contributed by atoms with van der Waals surface area (Å²) in [5.41, 5.74) is -1.32. The van der Waals surface area contributed by atoms with Crippen molar-refractivity contribution < 1.29 is 29.0 Å². The van der Waals surface area contributed by atoms with Gasteiger partial charge in [0.25, 0.3) is 0 Å². The number of benzene rings is 1. The van der Waals surface area contributed by atoms with Crippen LogP contribution in [0.2, 0.25) is 0 Å². The second kappa shape index (κ2) is 5.73. The maximum atomic E-state index is 12.9. The number of fused-ring (bicyclic) bond motifs is 2. The van der Waals surface area contributed by atoms with Crippen LogP contribution < -0.4 is 10.6 Å². The van der Waals surface area contributed by atoms with E-state index in [4.69, 9.17) is 4.74 Å². The summed E-state index contributed by atoms with van der Waals surface area (Å²) >= 11 is 0. The lowest BCUT2D eigenvalue weighted by Crippen LogP contribution is -2.56. The molecule has 0 spiro atoms. The predicted molar refractivity (Wildman–Crippen MR) is 94.4 cm³/mol. The van der Waals surface area contributed by atoms with Crippen molar-refractivity contribution in [1.29, 1.82) is 0 Å². The van der Waals surface area contributed by atoms with Gasteiger partial charge in [0.05, 0.1) is 6.10 Å². The first-order valence-corrected chi connectivity index (χ1v) is 10.7. The van der Waals surface area contributed by atoms with Crippen molar-refractivity contribution in [2.24, 2.45) is 11.8 Å². The van der Waals surface area contributed by atoms with Crippen LogP contribution in [-0.2, 0) is 4.74 Å². The molecular weight excluding hydrogens is 391 g/mol. The molecule has 0 aromatic heterocycles. The number of urea groups is 1. The van der Waals surface area contributed by atoms with Gasteiger partial charge >= 0.3 is 16.3 Å². The zero-order chi connectivity index (χ0) is 20.2. The molecule has 1 aromatic rings. The lowest BCUT2D eigenvalue weighted by molar-refractivity contribution is -0.168. The number of carbonyl (C=O) groups excluding carboxylic acids is 1. The third-order valence-corrected chi connectivity index (χ3v) is 6.16. The quantitative estimate of drug-likeness (QED) is 0.562. The number of amides is 2. The molecule has 4 nitrogen and oxygen atoms in total. The maximum absolute atomic E-state index is 12.9. The van der Waals surface area contributed by atoms with Gasteiger partial charge < -0.3 is 15.4 Å². The van der Waals surface area contributed by atoms with Crippen LogP contribution >= 0.6 is 10.2 Å². The Kier molecular flexibility index (Phi) is 4.28. The lowest BCUT2D eigenvalue weighted by Gasteiger charge is -2.47. The molecule has 10 heteroatoms. The molecule has 2 N–H and O–H groups in total. The lowest BCUT2D eigenvalue weighted by atomic mass is 9.75. The van der Waals surface area contributed by atoms with Crippen LogP contribution in [0.4, 0.5) is 29.9 Å². The fourth-order valence-electron chi connectivity index (χ4n) is 4.20. The molecule has 4 unspecified atom stereocenters. The van der Waals surface area contributed by atoms with Gasteiger partial charge in [0.2, 0.25) is 0 Å². The summed E-state index contributed by atoms with van der Waals surface area (Å²) in [7, 11) is -9.80. The molecule has 0 radical (unpaired) electrons. The minimum Gasteiger partial charge on any atom is -0.353 e. The van der Waals surface area contributed by atoms with Crippen LogP contribution in [0.25, 0.3) is 0 Å². The first kappa shape index (κ1) is 20.2. The van der Waals surface area contributed by atoms with E-state index >= 15 is 0 Å². The Morgan fingerprint density at radius 1 is 1.19 bits per heavy atom. The van der Waals surface area contributed by atoms with Crippen molar-refractivity contribution >= 4 is 21.9 Å². The van der Waals surface area contributed by atoms with E-state index in [1.807, 2.05) is 0 Å². The first-order valence-electron chi connectivity index (χ1n) is 8.73. The summed E-state index contributed by atoms with van der Waals surface area (Å²) in [5.74, 6) is 0.941. The standard InChI is InChI=1S/C17H23F5N2O2S/c1-11-6-12-8-14(7-11)26-17(2,10-12)24-16(25)23-13-4-3-5-15(9-13)27(18,19,20,21)22/h3-5,9,11-12,14H,6-8,10H2,1-2H3,(H2,23,24,25). The molecule has 1 aliphatic carbocycles. The predicted octanol–water partition coefficient (Wildman–Crippen LogP) is 6.41. The van der Waals surface area contributed by atoms with E-state index < -0.39 is 26.9 Å². The molecule has 4 atom stereocenters. The van der Waals surface area contributed by atoms with Gasteiger partial charge in [0, 0.05) is 5.69 Å². The minimum atomic E-state index is -9.80. The maximum Gasteiger partial charge on any atom is 0.321 e. The monoisotopic (exact) mass is 414 g/mol. The van der Waals surface area contributed by atoms with Gasteiger partial charge in [-0.2, -0.15) is 0 Å². The smallest absolute Gasteiger partial charge is 0.321 e. The molecule has 1 saturated heterocycles. The van der Waals surface area contributed by atoms with Crippen molar-refractivity contribution in [3.05, 3.63) is 24.3 Å². The number of hydrogen-bond acceptors (Lipinski definition) is 2. The summed E-state index contributed by atoms with van der Waals surface area (Å²) in [6.07, 6.45) is 3.46. The highest BCUT2D eigenvalue weighted by Crippen LogP contribution is 3.02. The third-order valence-electron chi connectivity index (χ3n) is 5.02. The first-order chi connectivity index (χ1) is 12.1.